The van der Waals surface area contributed by atoms with Crippen LogP contribution in [0.4, 0.5) is 0 Å². The van der Waals surface area contributed by atoms with Crippen molar-refractivity contribution in [3.8, 4) is 0 Å². The van der Waals surface area contributed by atoms with E-state index in [1.54, 1.807) is 19.1 Å². The lowest BCUT2D eigenvalue weighted by Crippen LogP contribution is -2.40. The van der Waals surface area contributed by atoms with Crippen molar-refractivity contribution in [3.63, 3.8) is 0 Å². The molecule has 1 saturated heterocycles. The molecule has 0 spiro atoms. The maximum absolute atomic E-state index is 13.5. The number of fused-ring (bicyclic) bond motifs is 1. The lowest BCUT2D eigenvalue weighted by atomic mass is 9.75. The van der Waals surface area contributed by atoms with E-state index in [4.69, 9.17) is 4.74 Å². The summed E-state index contributed by atoms with van der Waals surface area (Å²) in [5.74, 6) is -0.859. The Hall–Kier alpha value is -2.16. The average molecular weight is 475 g/mol. The van der Waals surface area contributed by atoms with Gasteiger partial charge in [-0.3, -0.25) is 0 Å². The number of carboxylic acids is 1. The minimum Gasteiger partial charge on any atom is -0.480 e. The average Bonchev–Trinajstić information content (AvgIpc) is 3.03. The lowest BCUT2D eigenvalue weighted by Gasteiger charge is -2.31. The fourth-order valence-electron chi connectivity index (χ4n) is 5.28. The minimum atomic E-state index is -3.64. The van der Waals surface area contributed by atoms with Crippen LogP contribution in [0, 0.1) is 12.3 Å². The highest BCUT2D eigenvalue weighted by molar-refractivity contribution is 7.89. The number of hydrogen-bond acceptors (Lipinski definition) is 4. The molecule has 1 aromatic heterocycles. The highest BCUT2D eigenvalue weighted by atomic mass is 32.2. The summed E-state index contributed by atoms with van der Waals surface area (Å²) in [6.45, 7) is 9.68. The Morgan fingerprint density at radius 1 is 1.21 bits per heavy atom. The summed E-state index contributed by atoms with van der Waals surface area (Å²) >= 11 is 0. The number of benzene rings is 1. The first kappa shape index (κ1) is 24.0. The molecule has 8 heteroatoms. The Labute approximate surface area is 196 Å². The Morgan fingerprint density at radius 3 is 2.55 bits per heavy atom. The third-order valence-corrected chi connectivity index (χ3v) is 9.17. The maximum atomic E-state index is 13.5. The molecule has 1 unspecified atom stereocenters. The van der Waals surface area contributed by atoms with E-state index in [2.05, 4.69) is 13.8 Å². The van der Waals surface area contributed by atoms with Gasteiger partial charge >= 0.3 is 5.97 Å². The van der Waals surface area contributed by atoms with E-state index in [9.17, 15) is 18.3 Å². The van der Waals surface area contributed by atoms with Gasteiger partial charge in [0.15, 0.2) is 0 Å². The molecule has 2 heterocycles. The van der Waals surface area contributed by atoms with Gasteiger partial charge in [0.05, 0.1) is 18.1 Å². The summed E-state index contributed by atoms with van der Waals surface area (Å²) in [4.78, 5) is 12.2. The number of carbonyl (C=O) groups is 1. The Bertz CT molecular complexity index is 1160. The van der Waals surface area contributed by atoms with E-state index in [1.165, 1.54) is 9.87 Å². The van der Waals surface area contributed by atoms with Crippen LogP contribution in [0.1, 0.15) is 61.3 Å². The second-order valence-corrected chi connectivity index (χ2v) is 11.9. The highest BCUT2D eigenvalue weighted by Crippen LogP contribution is 2.41. The smallest absolute Gasteiger partial charge is 0.326 e. The minimum absolute atomic E-state index is 0.117. The molecule has 0 saturated carbocycles. The third-order valence-electron chi connectivity index (χ3n) is 7.17. The van der Waals surface area contributed by atoms with Gasteiger partial charge in [0, 0.05) is 30.9 Å². The largest absolute Gasteiger partial charge is 0.480 e. The predicted molar refractivity (Wildman–Crippen MR) is 126 cm³/mol. The quantitative estimate of drug-likeness (QED) is 0.691. The summed E-state index contributed by atoms with van der Waals surface area (Å²) in [7, 11) is -3.64. The van der Waals surface area contributed by atoms with Crippen molar-refractivity contribution >= 4 is 16.0 Å². The zero-order chi connectivity index (χ0) is 24.0. The second kappa shape index (κ2) is 8.89. The molecule has 1 aliphatic heterocycles. The van der Waals surface area contributed by atoms with Gasteiger partial charge in [-0.2, -0.15) is 4.31 Å². The Morgan fingerprint density at radius 2 is 1.88 bits per heavy atom. The first-order chi connectivity index (χ1) is 15.5. The number of rotatable bonds is 6. The van der Waals surface area contributed by atoms with E-state index >= 15 is 0 Å². The molecule has 180 valence electrons. The van der Waals surface area contributed by atoms with Crippen LogP contribution in [0.5, 0.6) is 0 Å². The van der Waals surface area contributed by atoms with Crippen molar-refractivity contribution in [2.75, 3.05) is 26.3 Å². The number of sulfonamides is 1. The van der Waals surface area contributed by atoms with Crippen molar-refractivity contribution in [1.29, 1.82) is 0 Å². The number of carboxylic acid groups (broad SMARTS) is 1. The van der Waals surface area contributed by atoms with Gasteiger partial charge in [-0.05, 0) is 61.3 Å². The molecule has 1 atom stereocenters. The lowest BCUT2D eigenvalue weighted by molar-refractivity contribution is -0.140. The van der Waals surface area contributed by atoms with Crippen LogP contribution < -0.4 is 0 Å². The summed E-state index contributed by atoms with van der Waals surface area (Å²) < 4.78 is 35.7. The standard InChI is InChI=1S/C25H34N2O5S/c1-17-20(21-16-25(3,4)10-9-22(21)27(17)18(2)24(28)29)15-19-7-5-6-8-23(19)33(30,31)26-11-13-32-14-12-26/h5-8,18H,9-16H2,1-4H3,(H,28,29). The molecule has 1 N–H and O–H groups in total. The van der Waals surface area contributed by atoms with Gasteiger partial charge in [0.25, 0.3) is 0 Å². The van der Waals surface area contributed by atoms with Gasteiger partial charge < -0.3 is 14.4 Å². The van der Waals surface area contributed by atoms with Gasteiger partial charge in [-0.1, -0.05) is 32.0 Å². The van der Waals surface area contributed by atoms with Crippen molar-refractivity contribution < 1.29 is 23.1 Å². The Balaban J connectivity index is 1.80. The molecule has 33 heavy (non-hydrogen) atoms. The maximum Gasteiger partial charge on any atom is 0.326 e. The zero-order valence-electron chi connectivity index (χ0n) is 19.9. The molecule has 1 fully saturated rings. The van der Waals surface area contributed by atoms with E-state index in [0.717, 1.165) is 41.8 Å². The summed E-state index contributed by atoms with van der Waals surface area (Å²) in [5.41, 5.74) is 5.13. The third kappa shape index (κ3) is 4.48. The topological polar surface area (TPSA) is 88.8 Å². The number of nitrogens with zero attached hydrogens (tertiary/aromatic N) is 2. The number of ether oxygens (including phenoxy) is 1. The predicted octanol–water partition coefficient (Wildman–Crippen LogP) is 3.57. The molecule has 2 aliphatic rings. The summed E-state index contributed by atoms with van der Waals surface area (Å²) in [5, 5.41) is 9.74. The van der Waals surface area contributed by atoms with E-state index in [-0.39, 0.29) is 5.41 Å². The van der Waals surface area contributed by atoms with Crippen LogP contribution in [0.3, 0.4) is 0 Å². The SMILES string of the molecule is Cc1c(Cc2ccccc2S(=O)(=O)N2CCOCC2)c2c(n1C(C)C(=O)O)CCC(C)(C)C2. The van der Waals surface area contributed by atoms with E-state index in [0.29, 0.717) is 37.6 Å². The van der Waals surface area contributed by atoms with Crippen molar-refractivity contribution in [3.05, 3.63) is 52.3 Å². The zero-order valence-corrected chi connectivity index (χ0v) is 20.7. The molecule has 2 aromatic rings. The molecule has 0 amide bonds. The van der Waals surface area contributed by atoms with Crippen molar-refractivity contribution in [2.45, 2.75) is 64.3 Å². The van der Waals surface area contributed by atoms with Crippen LogP contribution >= 0.6 is 0 Å². The molecule has 0 bridgehead atoms. The van der Waals surface area contributed by atoms with Gasteiger partial charge in [0.2, 0.25) is 10.0 Å². The molecule has 4 rings (SSSR count). The van der Waals surface area contributed by atoms with Crippen molar-refractivity contribution in [2.24, 2.45) is 5.41 Å². The monoisotopic (exact) mass is 474 g/mol. The number of aliphatic carboxylic acids is 1. The van der Waals surface area contributed by atoms with Crippen LogP contribution in [0.15, 0.2) is 29.2 Å². The van der Waals surface area contributed by atoms with E-state index in [1.807, 2.05) is 23.6 Å². The Kier molecular flexibility index (Phi) is 6.46. The molecule has 1 aliphatic carbocycles. The molecule has 7 nitrogen and oxygen atoms in total. The van der Waals surface area contributed by atoms with Gasteiger partial charge in [0.1, 0.15) is 6.04 Å². The van der Waals surface area contributed by atoms with Crippen LogP contribution in [-0.2, 0) is 38.8 Å². The highest BCUT2D eigenvalue weighted by Gasteiger charge is 2.35. The first-order valence-corrected chi connectivity index (χ1v) is 13.1. The number of morpholine rings is 1. The first-order valence-electron chi connectivity index (χ1n) is 11.6. The molecule has 0 radical (unpaired) electrons. The number of aromatic nitrogens is 1. The fraction of sp³-hybridized carbons (Fsp3) is 0.560. The molecule has 1 aromatic carbocycles. The second-order valence-electron chi connectivity index (χ2n) is 10.0. The summed E-state index contributed by atoms with van der Waals surface area (Å²) in [6, 6.07) is 6.53. The molecular formula is C25H34N2O5S. The normalized spacial score (nSPS) is 19.8. The molecular weight excluding hydrogens is 440 g/mol. The number of hydrogen-bond donors (Lipinski definition) is 1. The van der Waals surface area contributed by atoms with Crippen molar-refractivity contribution in [1.82, 2.24) is 8.87 Å². The van der Waals surface area contributed by atoms with Crippen LogP contribution in [0.2, 0.25) is 0 Å². The van der Waals surface area contributed by atoms with Crippen LogP contribution in [-0.4, -0.2) is 54.7 Å². The van der Waals surface area contributed by atoms with Gasteiger partial charge in [-0.15, -0.1) is 0 Å². The van der Waals surface area contributed by atoms with Gasteiger partial charge in [-0.25, -0.2) is 13.2 Å². The van der Waals surface area contributed by atoms with Crippen LogP contribution in [0.25, 0.3) is 0 Å². The summed E-state index contributed by atoms with van der Waals surface area (Å²) in [6.07, 6.45) is 3.14. The van der Waals surface area contributed by atoms with E-state index < -0.39 is 22.0 Å². The fourth-order valence-corrected chi connectivity index (χ4v) is 6.91.